The third-order valence-corrected chi connectivity index (χ3v) is 3.61. The van der Waals surface area contributed by atoms with Crippen LogP contribution in [0.15, 0.2) is 60.7 Å². The lowest BCUT2D eigenvalue weighted by Gasteiger charge is -2.26. The summed E-state index contributed by atoms with van der Waals surface area (Å²) in [6.07, 6.45) is 2.84. The fourth-order valence-electron chi connectivity index (χ4n) is 2.40. The van der Waals surface area contributed by atoms with E-state index in [4.69, 9.17) is 10.00 Å². The van der Waals surface area contributed by atoms with Gasteiger partial charge in [-0.25, -0.2) is 4.79 Å². The summed E-state index contributed by atoms with van der Waals surface area (Å²) in [5.74, 6) is -0.884. The molecule has 5 heteroatoms. The van der Waals surface area contributed by atoms with Gasteiger partial charge in [0.15, 0.2) is 6.61 Å². The summed E-state index contributed by atoms with van der Waals surface area (Å²) in [5.41, 5.74) is 2.07. The average molecular weight is 348 g/mol. The van der Waals surface area contributed by atoms with E-state index in [-0.39, 0.29) is 18.6 Å². The number of hydrogen-bond acceptors (Lipinski definition) is 4. The molecule has 0 N–H and O–H groups in total. The van der Waals surface area contributed by atoms with E-state index in [1.807, 2.05) is 50.2 Å². The highest BCUT2D eigenvalue weighted by molar-refractivity contribution is 5.96. The third kappa shape index (κ3) is 5.32. The standard InChI is InChI=1S/C21H20N2O3/c1-16(2)23(19-6-4-3-5-7-19)20(24)15-26-21(25)13-12-17-8-10-18(14-22)11-9-17/h3-13,16H,15H2,1-2H3/b13-12+. The first-order valence-corrected chi connectivity index (χ1v) is 8.23. The summed E-state index contributed by atoms with van der Waals surface area (Å²) in [6, 6.07) is 18.0. The zero-order valence-corrected chi connectivity index (χ0v) is 14.8. The average Bonchev–Trinajstić information content (AvgIpc) is 2.66. The fraction of sp³-hybridized carbons (Fsp3) is 0.190. The number of hydrogen-bond donors (Lipinski definition) is 0. The van der Waals surface area contributed by atoms with Crippen molar-refractivity contribution >= 4 is 23.6 Å². The van der Waals surface area contributed by atoms with Crippen LogP contribution in [0.2, 0.25) is 0 Å². The second kappa shape index (κ2) is 9.19. The van der Waals surface area contributed by atoms with Crippen molar-refractivity contribution in [1.29, 1.82) is 5.26 Å². The van der Waals surface area contributed by atoms with E-state index in [0.29, 0.717) is 5.56 Å². The Bertz CT molecular complexity index is 819. The Morgan fingerprint density at radius 1 is 1.12 bits per heavy atom. The van der Waals surface area contributed by atoms with E-state index in [9.17, 15) is 9.59 Å². The van der Waals surface area contributed by atoms with Crippen LogP contribution in [0.3, 0.4) is 0 Å². The zero-order valence-electron chi connectivity index (χ0n) is 14.8. The minimum atomic E-state index is -0.598. The lowest BCUT2D eigenvalue weighted by atomic mass is 10.1. The normalized spacial score (nSPS) is 10.5. The van der Waals surface area contributed by atoms with Gasteiger partial charge < -0.3 is 9.64 Å². The summed E-state index contributed by atoms with van der Waals surface area (Å²) in [4.78, 5) is 25.9. The number of carbonyl (C=O) groups is 2. The lowest BCUT2D eigenvalue weighted by Crippen LogP contribution is -2.39. The Morgan fingerprint density at radius 3 is 2.35 bits per heavy atom. The zero-order chi connectivity index (χ0) is 18.9. The summed E-state index contributed by atoms with van der Waals surface area (Å²) in [6.45, 7) is 3.47. The van der Waals surface area contributed by atoms with Crippen molar-refractivity contribution in [2.45, 2.75) is 19.9 Å². The van der Waals surface area contributed by atoms with Crippen molar-refractivity contribution in [2.24, 2.45) is 0 Å². The Hall–Kier alpha value is -3.39. The summed E-state index contributed by atoms with van der Waals surface area (Å²) < 4.78 is 5.05. The van der Waals surface area contributed by atoms with Crippen LogP contribution in [-0.2, 0) is 14.3 Å². The Balaban J connectivity index is 1.93. The van der Waals surface area contributed by atoms with Crippen molar-refractivity contribution in [1.82, 2.24) is 0 Å². The maximum atomic E-state index is 12.4. The second-order valence-corrected chi connectivity index (χ2v) is 5.87. The molecule has 0 aliphatic carbocycles. The molecule has 0 saturated carbocycles. The largest absolute Gasteiger partial charge is 0.452 e. The van der Waals surface area contributed by atoms with Crippen LogP contribution in [0.1, 0.15) is 25.0 Å². The van der Waals surface area contributed by atoms with Gasteiger partial charge in [0.2, 0.25) is 0 Å². The van der Waals surface area contributed by atoms with Crippen LogP contribution in [0.4, 0.5) is 5.69 Å². The molecular formula is C21H20N2O3. The molecule has 2 aromatic carbocycles. The van der Waals surface area contributed by atoms with Gasteiger partial charge in [-0.3, -0.25) is 4.79 Å². The van der Waals surface area contributed by atoms with Gasteiger partial charge >= 0.3 is 5.97 Å². The van der Waals surface area contributed by atoms with Gasteiger partial charge in [0, 0.05) is 17.8 Å². The van der Waals surface area contributed by atoms with E-state index in [0.717, 1.165) is 11.3 Å². The molecule has 0 heterocycles. The lowest BCUT2D eigenvalue weighted by molar-refractivity contribution is -0.143. The topological polar surface area (TPSA) is 70.4 Å². The first-order valence-electron chi connectivity index (χ1n) is 8.23. The molecule has 132 valence electrons. The van der Waals surface area contributed by atoms with Gasteiger partial charge in [0.25, 0.3) is 5.91 Å². The third-order valence-electron chi connectivity index (χ3n) is 3.61. The van der Waals surface area contributed by atoms with E-state index in [2.05, 4.69) is 0 Å². The van der Waals surface area contributed by atoms with Crippen molar-refractivity contribution in [2.75, 3.05) is 11.5 Å². The van der Waals surface area contributed by atoms with Crippen LogP contribution in [0.25, 0.3) is 6.08 Å². The van der Waals surface area contributed by atoms with E-state index in [1.54, 1.807) is 35.2 Å². The quantitative estimate of drug-likeness (QED) is 0.591. The first-order chi connectivity index (χ1) is 12.5. The molecule has 0 aromatic heterocycles. The van der Waals surface area contributed by atoms with Gasteiger partial charge in [-0.15, -0.1) is 0 Å². The Labute approximate surface area is 153 Å². The van der Waals surface area contributed by atoms with Crippen molar-refractivity contribution in [3.8, 4) is 6.07 Å². The number of amides is 1. The molecule has 0 unspecified atom stereocenters. The number of benzene rings is 2. The molecule has 0 fully saturated rings. The molecule has 1 amide bonds. The molecule has 0 aliphatic rings. The Kier molecular flexibility index (Phi) is 6.69. The number of rotatable bonds is 6. The molecule has 0 bridgehead atoms. The van der Waals surface area contributed by atoms with Crippen molar-refractivity contribution < 1.29 is 14.3 Å². The number of para-hydroxylation sites is 1. The molecule has 0 spiro atoms. The van der Waals surface area contributed by atoms with Crippen LogP contribution in [-0.4, -0.2) is 24.5 Å². The molecule has 5 nitrogen and oxygen atoms in total. The van der Waals surface area contributed by atoms with Gasteiger partial charge in [0.05, 0.1) is 11.6 Å². The highest BCUT2D eigenvalue weighted by Crippen LogP contribution is 2.16. The van der Waals surface area contributed by atoms with Crippen LogP contribution in [0.5, 0.6) is 0 Å². The second-order valence-electron chi connectivity index (χ2n) is 5.87. The summed E-state index contributed by atoms with van der Waals surface area (Å²) in [5, 5.41) is 8.76. The summed E-state index contributed by atoms with van der Waals surface area (Å²) >= 11 is 0. The molecule has 0 atom stereocenters. The molecule has 0 radical (unpaired) electrons. The maximum Gasteiger partial charge on any atom is 0.331 e. The number of ether oxygens (including phenoxy) is 1. The smallest absolute Gasteiger partial charge is 0.331 e. The number of carbonyl (C=O) groups excluding carboxylic acids is 2. The fourth-order valence-corrected chi connectivity index (χ4v) is 2.40. The maximum absolute atomic E-state index is 12.4. The van der Waals surface area contributed by atoms with Crippen molar-refractivity contribution in [3.63, 3.8) is 0 Å². The molecule has 0 saturated heterocycles. The highest BCUT2D eigenvalue weighted by Gasteiger charge is 2.19. The molecule has 2 rings (SSSR count). The van der Waals surface area contributed by atoms with Gasteiger partial charge in [-0.2, -0.15) is 5.26 Å². The van der Waals surface area contributed by atoms with Gasteiger partial charge in [0.1, 0.15) is 0 Å². The van der Waals surface area contributed by atoms with E-state index < -0.39 is 5.97 Å². The van der Waals surface area contributed by atoms with E-state index >= 15 is 0 Å². The molecular weight excluding hydrogens is 328 g/mol. The minimum absolute atomic E-state index is 0.0576. The molecule has 26 heavy (non-hydrogen) atoms. The number of nitriles is 1. The monoisotopic (exact) mass is 348 g/mol. The Morgan fingerprint density at radius 2 is 1.77 bits per heavy atom. The predicted molar refractivity (Wildman–Crippen MR) is 100 cm³/mol. The predicted octanol–water partition coefficient (Wildman–Crippen LogP) is 3.56. The number of esters is 1. The highest BCUT2D eigenvalue weighted by atomic mass is 16.5. The van der Waals surface area contributed by atoms with Gasteiger partial charge in [-0.1, -0.05) is 30.3 Å². The van der Waals surface area contributed by atoms with Gasteiger partial charge in [-0.05, 0) is 49.8 Å². The minimum Gasteiger partial charge on any atom is -0.452 e. The molecule has 2 aromatic rings. The SMILES string of the molecule is CC(C)N(C(=O)COC(=O)/C=C/c1ccc(C#N)cc1)c1ccccc1. The van der Waals surface area contributed by atoms with Crippen LogP contribution in [0, 0.1) is 11.3 Å². The molecule has 0 aliphatic heterocycles. The van der Waals surface area contributed by atoms with Crippen molar-refractivity contribution in [3.05, 3.63) is 71.8 Å². The van der Waals surface area contributed by atoms with Crippen LogP contribution >= 0.6 is 0 Å². The van der Waals surface area contributed by atoms with E-state index in [1.165, 1.54) is 6.08 Å². The first kappa shape index (κ1) is 18.9. The number of anilines is 1. The van der Waals surface area contributed by atoms with Crippen LogP contribution < -0.4 is 4.90 Å². The number of nitrogens with zero attached hydrogens (tertiary/aromatic N) is 2. The summed E-state index contributed by atoms with van der Waals surface area (Å²) in [7, 11) is 0.